The van der Waals surface area contributed by atoms with Crippen LogP contribution in [0.4, 0.5) is 0 Å². The van der Waals surface area contributed by atoms with E-state index in [4.69, 9.17) is 18.9 Å². The van der Waals surface area contributed by atoms with E-state index in [0.29, 0.717) is 23.9 Å². The molecule has 0 bridgehead atoms. The number of hydrogen-bond acceptors (Lipinski definition) is 7. The summed E-state index contributed by atoms with van der Waals surface area (Å²) < 4.78 is 22.9. The third kappa shape index (κ3) is 66.8. The molecule has 0 heterocycles. The van der Waals surface area contributed by atoms with Gasteiger partial charge in [-0.2, -0.15) is 0 Å². The van der Waals surface area contributed by atoms with E-state index < -0.39 is 24.3 Å². The molecule has 0 radical (unpaired) electrons. The molecule has 2 unspecified atom stereocenters. The normalized spacial score (nSPS) is 13.6. The van der Waals surface area contributed by atoms with E-state index in [-0.39, 0.29) is 32.2 Å². The van der Waals surface area contributed by atoms with Gasteiger partial charge in [-0.15, -0.1) is 0 Å². The van der Waals surface area contributed by atoms with Crippen LogP contribution in [-0.4, -0.2) is 87.4 Å². The van der Waals surface area contributed by atoms with Crippen LogP contribution >= 0.6 is 0 Å². The molecule has 0 amide bonds. The lowest BCUT2D eigenvalue weighted by atomic mass is 10.0. The summed E-state index contributed by atoms with van der Waals surface area (Å²) in [6, 6.07) is 0. The van der Waals surface area contributed by atoms with Crippen LogP contribution in [0.2, 0.25) is 0 Å². The number of allylic oxidation sites excluding steroid dienone is 22. The maximum atomic E-state index is 12.9. The second-order valence-corrected chi connectivity index (χ2v) is 23.7. The van der Waals surface area contributed by atoms with Crippen LogP contribution in [0.5, 0.6) is 0 Å². The number of carbonyl (C=O) groups excluding carboxylic acids is 2. The van der Waals surface area contributed by atoms with Crippen LogP contribution in [0.3, 0.4) is 0 Å². The number of ether oxygens (including phenoxy) is 4. The van der Waals surface area contributed by atoms with Gasteiger partial charge < -0.3 is 28.5 Å². The first-order valence-corrected chi connectivity index (χ1v) is 34.3. The van der Waals surface area contributed by atoms with Gasteiger partial charge >= 0.3 is 17.9 Å². The monoisotopic (exact) mass is 1180 g/mol. The number of nitrogens with zero attached hydrogens (tertiary/aromatic N) is 1. The van der Waals surface area contributed by atoms with Gasteiger partial charge in [0.1, 0.15) is 13.2 Å². The van der Waals surface area contributed by atoms with Crippen molar-refractivity contribution in [3.63, 3.8) is 0 Å². The number of esters is 2. The molecular formula is C76H128NO8+. The fourth-order valence-corrected chi connectivity index (χ4v) is 9.22. The number of quaternary nitrogens is 1. The Hall–Kier alpha value is -4.57. The average molecular weight is 1180 g/mol. The Kier molecular flexibility index (Phi) is 61.9. The van der Waals surface area contributed by atoms with Crippen molar-refractivity contribution in [3.8, 4) is 0 Å². The summed E-state index contributed by atoms with van der Waals surface area (Å²) in [5.74, 6) is -2.03. The van der Waals surface area contributed by atoms with Gasteiger partial charge in [-0.3, -0.25) is 9.59 Å². The van der Waals surface area contributed by atoms with Crippen LogP contribution in [0, 0.1) is 0 Å². The number of aliphatic carboxylic acids is 1. The highest BCUT2D eigenvalue weighted by Gasteiger charge is 2.25. The predicted octanol–water partition coefficient (Wildman–Crippen LogP) is 21.4. The number of carboxylic acid groups (broad SMARTS) is 1. The van der Waals surface area contributed by atoms with Gasteiger partial charge in [0.15, 0.2) is 6.10 Å². The van der Waals surface area contributed by atoms with Crippen molar-refractivity contribution in [3.05, 3.63) is 134 Å². The van der Waals surface area contributed by atoms with Crippen LogP contribution < -0.4 is 0 Å². The third-order valence-corrected chi connectivity index (χ3v) is 14.4. The number of unbranched alkanes of at least 4 members (excludes halogenated alkanes) is 25. The molecule has 85 heavy (non-hydrogen) atoms. The Bertz CT molecular complexity index is 1860. The molecule has 1 N–H and O–H groups in total. The standard InChI is InChI=1S/C76H127NO8/c1-6-8-10-12-14-16-18-20-22-24-26-28-30-32-33-34-35-36-37-38-39-40-41-43-44-46-48-50-52-54-56-58-60-62-64-66-73(78)83-70-72(71-84-76(75(80)81)82-69-68-77(3,4)5)85-74(79)67-65-63-61-59-57-55-53-51-49-47-45-42-31-29-27-25-23-21-19-17-15-13-11-9-7-2/h8-11,14-17,20-23,26-29,32-33,42,45,49,51,72,76H,6-7,12-13,18-19,24-25,30-31,34-41,43-44,46-48,50,52-71H2,1-5H3/p+1/b10-8-,11-9-,16-14-,17-15-,22-20-,23-21-,28-26-,29-27-,33-32-,45-42-,51-49-. The molecule has 0 aliphatic carbocycles. The van der Waals surface area contributed by atoms with Crippen molar-refractivity contribution in [1.29, 1.82) is 0 Å². The number of hydrogen-bond donors (Lipinski definition) is 1. The second-order valence-electron chi connectivity index (χ2n) is 23.7. The summed E-state index contributed by atoms with van der Waals surface area (Å²) in [4.78, 5) is 37.6. The van der Waals surface area contributed by atoms with E-state index in [1.807, 2.05) is 21.1 Å². The SMILES string of the molecule is CC/C=C\C/C=C\C/C=C\C/C=C\C/C=C\C/C=C\CCCCCCCCC(=O)OC(COC(=O)CCCCCCCCCCCCCCCCCCCCC/C=C\C/C=C\C/C=C\C/C=C\C/C=C\CC)COC(OCC[N+](C)(C)C)C(=O)O. The lowest BCUT2D eigenvalue weighted by molar-refractivity contribution is -0.870. The molecule has 0 aromatic carbocycles. The minimum Gasteiger partial charge on any atom is -0.477 e. The van der Waals surface area contributed by atoms with Gasteiger partial charge in [0, 0.05) is 12.8 Å². The van der Waals surface area contributed by atoms with Crippen molar-refractivity contribution >= 4 is 17.9 Å². The Morgan fingerprint density at radius 1 is 0.353 bits per heavy atom. The first kappa shape index (κ1) is 80.4. The van der Waals surface area contributed by atoms with E-state index in [1.165, 1.54) is 109 Å². The zero-order chi connectivity index (χ0) is 61.9. The molecule has 0 saturated carbocycles. The summed E-state index contributed by atoms with van der Waals surface area (Å²) in [6.45, 7) is 4.64. The fourth-order valence-electron chi connectivity index (χ4n) is 9.22. The molecule has 9 nitrogen and oxygen atoms in total. The molecule has 9 heteroatoms. The fraction of sp³-hybridized carbons (Fsp3) is 0.671. The van der Waals surface area contributed by atoms with Crippen molar-refractivity contribution in [2.75, 3.05) is 47.5 Å². The maximum Gasteiger partial charge on any atom is 0.361 e. The van der Waals surface area contributed by atoms with E-state index >= 15 is 0 Å². The quantitative estimate of drug-likeness (QED) is 0.0211. The van der Waals surface area contributed by atoms with Crippen LogP contribution in [0.1, 0.15) is 271 Å². The molecule has 484 valence electrons. The van der Waals surface area contributed by atoms with E-state index in [1.54, 1.807) is 0 Å². The van der Waals surface area contributed by atoms with E-state index in [9.17, 15) is 19.5 Å². The van der Waals surface area contributed by atoms with Crippen molar-refractivity contribution in [2.24, 2.45) is 0 Å². The third-order valence-electron chi connectivity index (χ3n) is 14.4. The molecule has 0 saturated heterocycles. The van der Waals surface area contributed by atoms with E-state index in [0.717, 1.165) is 128 Å². The molecule has 0 aliphatic rings. The summed E-state index contributed by atoms with van der Waals surface area (Å²) in [7, 11) is 5.97. The Labute approximate surface area is 522 Å². The van der Waals surface area contributed by atoms with Gasteiger partial charge in [-0.05, 0) is 109 Å². The van der Waals surface area contributed by atoms with Crippen molar-refractivity contribution in [1.82, 2.24) is 0 Å². The van der Waals surface area contributed by atoms with Gasteiger partial charge in [-0.1, -0.05) is 282 Å². The zero-order valence-electron chi connectivity index (χ0n) is 55.2. The summed E-state index contributed by atoms with van der Waals surface area (Å²) >= 11 is 0. The topological polar surface area (TPSA) is 108 Å². The number of carbonyl (C=O) groups is 3. The molecule has 2 atom stereocenters. The predicted molar refractivity (Wildman–Crippen MR) is 364 cm³/mol. The Balaban J connectivity index is 4.13. The van der Waals surface area contributed by atoms with Gasteiger partial charge in [-0.25, -0.2) is 4.79 Å². The summed E-state index contributed by atoms with van der Waals surface area (Å²) in [5, 5.41) is 9.74. The summed E-state index contributed by atoms with van der Waals surface area (Å²) in [5.41, 5.74) is 0. The number of rotatable bonds is 62. The first-order chi connectivity index (χ1) is 41.6. The minimum atomic E-state index is -1.52. The number of likely N-dealkylation sites (N-methyl/N-ethyl adjacent to an activating group) is 1. The van der Waals surface area contributed by atoms with Crippen LogP contribution in [0.25, 0.3) is 0 Å². The zero-order valence-corrected chi connectivity index (χ0v) is 55.2. The highest BCUT2D eigenvalue weighted by atomic mass is 16.7. The molecule has 0 fully saturated rings. The number of carboxylic acids is 1. The van der Waals surface area contributed by atoms with Crippen LogP contribution in [-0.2, 0) is 33.3 Å². The van der Waals surface area contributed by atoms with Gasteiger partial charge in [0.05, 0.1) is 34.4 Å². The Morgan fingerprint density at radius 2 is 0.635 bits per heavy atom. The molecule has 0 aliphatic heterocycles. The first-order valence-electron chi connectivity index (χ1n) is 34.3. The largest absolute Gasteiger partial charge is 0.477 e. The lowest BCUT2D eigenvalue weighted by Gasteiger charge is -2.25. The van der Waals surface area contributed by atoms with Gasteiger partial charge in [0.2, 0.25) is 0 Å². The lowest BCUT2D eigenvalue weighted by Crippen LogP contribution is -2.40. The van der Waals surface area contributed by atoms with Crippen molar-refractivity contribution in [2.45, 2.75) is 283 Å². The minimum absolute atomic E-state index is 0.179. The Morgan fingerprint density at radius 3 is 0.941 bits per heavy atom. The molecule has 0 rings (SSSR count). The maximum absolute atomic E-state index is 12.9. The molecule has 0 aromatic heterocycles. The second kappa shape index (κ2) is 65.4. The molecule has 0 aromatic rings. The highest BCUT2D eigenvalue weighted by molar-refractivity contribution is 5.71. The highest BCUT2D eigenvalue weighted by Crippen LogP contribution is 2.17. The van der Waals surface area contributed by atoms with Gasteiger partial charge in [0.25, 0.3) is 6.29 Å². The molecular weight excluding hydrogens is 1050 g/mol. The average Bonchev–Trinajstić information content (AvgIpc) is 3.49. The molecule has 0 spiro atoms. The smallest absolute Gasteiger partial charge is 0.361 e. The van der Waals surface area contributed by atoms with Crippen LogP contribution in [0.15, 0.2) is 134 Å². The summed E-state index contributed by atoms with van der Waals surface area (Å²) in [6.07, 6.45) is 91.3. The van der Waals surface area contributed by atoms with Crippen molar-refractivity contribution < 1.29 is 42.9 Å². The van der Waals surface area contributed by atoms with E-state index in [2.05, 4.69) is 148 Å².